The molecule has 0 aliphatic carbocycles. The van der Waals surface area contributed by atoms with Crippen LogP contribution in [0, 0.1) is 12.7 Å². The molecule has 1 aromatic carbocycles. The third-order valence-corrected chi connectivity index (χ3v) is 4.63. The summed E-state index contributed by atoms with van der Waals surface area (Å²) < 4.78 is 18.4. The standard InChI is InChI=1S/C19H24FN3O2/c1-14-12-17(21-25-14)13-22(2)19(24)18(23-10-4-3-5-11-23)15-6-8-16(20)9-7-15/h6-9,12,18H,3-5,10-11,13H2,1-2H3/t18-/m1/s1. The van der Waals surface area contributed by atoms with Crippen molar-refractivity contribution in [3.05, 3.63) is 53.2 Å². The summed E-state index contributed by atoms with van der Waals surface area (Å²) in [5.41, 5.74) is 1.56. The molecule has 1 aliphatic rings. The van der Waals surface area contributed by atoms with Crippen molar-refractivity contribution in [3.63, 3.8) is 0 Å². The van der Waals surface area contributed by atoms with Crippen LogP contribution < -0.4 is 0 Å². The van der Waals surface area contributed by atoms with E-state index in [-0.39, 0.29) is 17.8 Å². The Balaban J connectivity index is 1.81. The predicted octanol–water partition coefficient (Wildman–Crippen LogP) is 3.31. The van der Waals surface area contributed by atoms with Crippen LogP contribution in [-0.4, -0.2) is 41.0 Å². The SMILES string of the molecule is Cc1cc(CN(C)C(=O)[C@@H](c2ccc(F)cc2)N2CCCCC2)no1. The second-order valence-corrected chi connectivity index (χ2v) is 6.67. The number of hydrogen-bond donors (Lipinski definition) is 0. The zero-order chi connectivity index (χ0) is 17.8. The molecule has 6 heteroatoms. The Morgan fingerprint density at radius 2 is 1.96 bits per heavy atom. The monoisotopic (exact) mass is 345 g/mol. The van der Waals surface area contributed by atoms with Gasteiger partial charge >= 0.3 is 0 Å². The fourth-order valence-electron chi connectivity index (χ4n) is 3.35. The molecule has 1 saturated heterocycles. The summed E-state index contributed by atoms with van der Waals surface area (Å²) in [7, 11) is 1.77. The third-order valence-electron chi connectivity index (χ3n) is 4.63. The summed E-state index contributed by atoms with van der Waals surface area (Å²) in [6.07, 6.45) is 3.35. The third kappa shape index (κ3) is 4.25. The van der Waals surface area contributed by atoms with Gasteiger partial charge in [-0.1, -0.05) is 23.7 Å². The number of rotatable bonds is 5. The maximum atomic E-state index is 13.3. The van der Waals surface area contributed by atoms with Crippen molar-refractivity contribution < 1.29 is 13.7 Å². The van der Waals surface area contributed by atoms with Crippen LogP contribution >= 0.6 is 0 Å². The predicted molar refractivity (Wildman–Crippen MR) is 92.3 cm³/mol. The number of nitrogens with zero attached hydrogens (tertiary/aromatic N) is 3. The molecule has 134 valence electrons. The number of carbonyl (C=O) groups excluding carboxylic acids is 1. The van der Waals surface area contributed by atoms with Crippen LogP contribution in [-0.2, 0) is 11.3 Å². The van der Waals surface area contributed by atoms with Crippen LogP contribution in [0.25, 0.3) is 0 Å². The highest BCUT2D eigenvalue weighted by Crippen LogP contribution is 2.27. The van der Waals surface area contributed by atoms with Crippen LogP contribution in [0.5, 0.6) is 0 Å². The average Bonchev–Trinajstić information content (AvgIpc) is 3.02. The number of amides is 1. The number of benzene rings is 1. The van der Waals surface area contributed by atoms with Crippen molar-refractivity contribution in [3.8, 4) is 0 Å². The molecule has 1 fully saturated rings. The van der Waals surface area contributed by atoms with Gasteiger partial charge in [0.1, 0.15) is 23.3 Å². The van der Waals surface area contributed by atoms with E-state index in [0.717, 1.165) is 42.9 Å². The van der Waals surface area contributed by atoms with E-state index >= 15 is 0 Å². The lowest BCUT2D eigenvalue weighted by Crippen LogP contribution is -2.43. The van der Waals surface area contributed by atoms with Gasteiger partial charge < -0.3 is 9.42 Å². The van der Waals surface area contributed by atoms with E-state index in [0.29, 0.717) is 6.54 Å². The quantitative estimate of drug-likeness (QED) is 0.834. The Hall–Kier alpha value is -2.21. The summed E-state index contributed by atoms with van der Waals surface area (Å²) in [4.78, 5) is 17.0. The summed E-state index contributed by atoms with van der Waals surface area (Å²) >= 11 is 0. The van der Waals surface area contributed by atoms with E-state index in [1.54, 1.807) is 24.1 Å². The maximum Gasteiger partial charge on any atom is 0.244 e. The fraction of sp³-hybridized carbons (Fsp3) is 0.474. The van der Waals surface area contributed by atoms with Crippen LogP contribution in [0.2, 0.25) is 0 Å². The highest BCUT2D eigenvalue weighted by molar-refractivity contribution is 5.83. The molecular formula is C19H24FN3O2. The molecule has 0 saturated carbocycles. The molecule has 1 aromatic heterocycles. The lowest BCUT2D eigenvalue weighted by atomic mass is 10.0. The minimum Gasteiger partial charge on any atom is -0.361 e. The molecule has 0 N–H and O–H groups in total. The lowest BCUT2D eigenvalue weighted by Gasteiger charge is -2.35. The summed E-state index contributed by atoms with van der Waals surface area (Å²) in [5, 5.41) is 3.96. The number of hydrogen-bond acceptors (Lipinski definition) is 4. The van der Waals surface area contributed by atoms with E-state index < -0.39 is 0 Å². The number of piperidine rings is 1. The molecule has 1 amide bonds. The van der Waals surface area contributed by atoms with E-state index in [1.165, 1.54) is 18.6 Å². The Kier molecular flexibility index (Phi) is 5.48. The van der Waals surface area contributed by atoms with Gasteiger partial charge in [-0.25, -0.2) is 4.39 Å². The Labute approximate surface area is 147 Å². The minimum absolute atomic E-state index is 0.00541. The largest absolute Gasteiger partial charge is 0.361 e. The van der Waals surface area contributed by atoms with Gasteiger partial charge in [0.25, 0.3) is 0 Å². The van der Waals surface area contributed by atoms with Gasteiger partial charge in [0.2, 0.25) is 5.91 Å². The minimum atomic E-state index is -0.390. The van der Waals surface area contributed by atoms with Crippen LogP contribution in [0.1, 0.15) is 42.3 Å². The molecule has 1 atom stereocenters. The van der Waals surface area contributed by atoms with E-state index in [1.807, 2.05) is 13.0 Å². The van der Waals surface area contributed by atoms with Gasteiger partial charge in [0, 0.05) is 13.1 Å². The second-order valence-electron chi connectivity index (χ2n) is 6.67. The van der Waals surface area contributed by atoms with E-state index in [9.17, 15) is 9.18 Å². The first-order valence-electron chi connectivity index (χ1n) is 8.71. The van der Waals surface area contributed by atoms with Crippen molar-refractivity contribution in [1.29, 1.82) is 0 Å². The van der Waals surface area contributed by atoms with Crippen molar-refractivity contribution in [2.75, 3.05) is 20.1 Å². The number of carbonyl (C=O) groups is 1. The zero-order valence-corrected chi connectivity index (χ0v) is 14.7. The van der Waals surface area contributed by atoms with Gasteiger partial charge in [-0.3, -0.25) is 9.69 Å². The molecular weight excluding hydrogens is 321 g/mol. The number of aryl methyl sites for hydroxylation is 1. The van der Waals surface area contributed by atoms with Gasteiger partial charge in [-0.05, 0) is 50.6 Å². The molecule has 25 heavy (non-hydrogen) atoms. The van der Waals surface area contributed by atoms with Crippen molar-refractivity contribution in [2.24, 2.45) is 0 Å². The number of likely N-dealkylation sites (tertiary alicyclic amines) is 1. The van der Waals surface area contributed by atoms with Crippen LogP contribution in [0.3, 0.4) is 0 Å². The molecule has 1 aliphatic heterocycles. The van der Waals surface area contributed by atoms with Gasteiger partial charge in [0.05, 0.1) is 6.54 Å². The van der Waals surface area contributed by atoms with Crippen molar-refractivity contribution in [2.45, 2.75) is 38.8 Å². The maximum absolute atomic E-state index is 13.3. The molecule has 0 spiro atoms. The molecule has 0 radical (unpaired) electrons. The highest BCUT2D eigenvalue weighted by Gasteiger charge is 2.31. The summed E-state index contributed by atoms with van der Waals surface area (Å²) in [6, 6.07) is 7.69. The first kappa shape index (κ1) is 17.6. The van der Waals surface area contributed by atoms with Crippen LogP contribution in [0.4, 0.5) is 4.39 Å². The lowest BCUT2D eigenvalue weighted by molar-refractivity contribution is -0.137. The highest BCUT2D eigenvalue weighted by atomic mass is 19.1. The van der Waals surface area contributed by atoms with Gasteiger partial charge in [0.15, 0.2) is 0 Å². The molecule has 5 nitrogen and oxygen atoms in total. The Morgan fingerprint density at radius 1 is 1.28 bits per heavy atom. The summed E-state index contributed by atoms with van der Waals surface area (Å²) in [6.45, 7) is 3.98. The van der Waals surface area contributed by atoms with Gasteiger partial charge in [-0.15, -0.1) is 0 Å². The van der Waals surface area contributed by atoms with Crippen LogP contribution in [0.15, 0.2) is 34.9 Å². The average molecular weight is 345 g/mol. The number of halogens is 1. The van der Waals surface area contributed by atoms with Crippen molar-refractivity contribution in [1.82, 2.24) is 15.0 Å². The second kappa shape index (κ2) is 7.78. The first-order chi connectivity index (χ1) is 12.0. The Morgan fingerprint density at radius 3 is 2.56 bits per heavy atom. The first-order valence-corrected chi connectivity index (χ1v) is 8.71. The Bertz CT molecular complexity index is 708. The summed E-state index contributed by atoms with van der Waals surface area (Å²) in [5.74, 6) is 0.427. The van der Waals surface area contributed by atoms with Gasteiger partial charge in [-0.2, -0.15) is 0 Å². The van der Waals surface area contributed by atoms with Crippen molar-refractivity contribution >= 4 is 5.91 Å². The smallest absolute Gasteiger partial charge is 0.244 e. The fourth-order valence-corrected chi connectivity index (χ4v) is 3.35. The molecule has 0 bridgehead atoms. The molecule has 2 aromatic rings. The normalized spacial score (nSPS) is 16.6. The number of likely N-dealkylation sites (N-methyl/N-ethyl adjacent to an activating group) is 1. The molecule has 3 rings (SSSR count). The molecule has 2 heterocycles. The topological polar surface area (TPSA) is 49.6 Å². The zero-order valence-electron chi connectivity index (χ0n) is 14.7. The molecule has 0 unspecified atom stereocenters. The van der Waals surface area contributed by atoms with E-state index in [2.05, 4.69) is 10.1 Å². The number of aromatic nitrogens is 1. The van der Waals surface area contributed by atoms with E-state index in [4.69, 9.17) is 4.52 Å².